The molecule has 2 rings (SSSR count). The Kier molecular flexibility index (Phi) is 8.61. The molecule has 6 heteroatoms. The van der Waals surface area contributed by atoms with Crippen molar-refractivity contribution in [1.82, 2.24) is 10.2 Å². The van der Waals surface area contributed by atoms with E-state index in [0.29, 0.717) is 16.1 Å². The van der Waals surface area contributed by atoms with E-state index in [1.54, 1.807) is 6.07 Å². The third-order valence-corrected chi connectivity index (χ3v) is 3.50. The fraction of sp³-hybridized carbons (Fsp3) is 0.500. The molecule has 1 aliphatic rings. The van der Waals surface area contributed by atoms with Crippen LogP contribution >= 0.6 is 48.0 Å². The van der Waals surface area contributed by atoms with Crippen LogP contribution in [0.5, 0.6) is 0 Å². The number of rotatable bonds is 2. The summed E-state index contributed by atoms with van der Waals surface area (Å²) in [7, 11) is 0. The fourth-order valence-corrected chi connectivity index (χ4v) is 2.64. The van der Waals surface area contributed by atoms with Gasteiger partial charge in [0.15, 0.2) is 0 Å². The van der Waals surface area contributed by atoms with Gasteiger partial charge in [-0.15, -0.1) is 24.8 Å². The highest BCUT2D eigenvalue weighted by atomic mass is 35.5. The third-order valence-electron chi connectivity index (χ3n) is 3.07. The second-order valence-corrected chi connectivity index (χ2v) is 5.04. The van der Waals surface area contributed by atoms with Crippen molar-refractivity contribution in [1.29, 1.82) is 0 Å². The fourth-order valence-electron chi connectivity index (χ4n) is 2.10. The number of benzene rings is 1. The SMILES string of the molecule is C[C@@H](c1cc(Cl)cc(Cl)c1)N1CCNCC1.Cl.Cl. The Hall–Kier alpha value is 0.300. The van der Waals surface area contributed by atoms with Gasteiger partial charge in [0.25, 0.3) is 0 Å². The van der Waals surface area contributed by atoms with Crippen molar-refractivity contribution in [2.75, 3.05) is 26.2 Å². The van der Waals surface area contributed by atoms with Crippen LogP contribution in [0.2, 0.25) is 10.0 Å². The van der Waals surface area contributed by atoms with Crippen LogP contribution in [0, 0.1) is 0 Å². The highest BCUT2D eigenvalue weighted by Gasteiger charge is 2.18. The molecule has 1 fully saturated rings. The highest BCUT2D eigenvalue weighted by molar-refractivity contribution is 6.34. The maximum absolute atomic E-state index is 6.02. The molecule has 1 saturated heterocycles. The molecule has 1 aromatic carbocycles. The van der Waals surface area contributed by atoms with Gasteiger partial charge in [-0.25, -0.2) is 0 Å². The first-order chi connectivity index (χ1) is 7.66. The standard InChI is InChI=1S/C12H16Cl2N2.2ClH/c1-9(16-4-2-15-3-5-16)10-6-11(13)8-12(14)7-10;;/h6-9,15H,2-5H2,1H3;2*1H/t9-;;/m0../s1. The quantitative estimate of drug-likeness (QED) is 0.886. The predicted molar refractivity (Wildman–Crippen MR) is 83.8 cm³/mol. The monoisotopic (exact) mass is 330 g/mol. The van der Waals surface area contributed by atoms with Crippen LogP contribution in [-0.4, -0.2) is 31.1 Å². The average Bonchev–Trinajstić information content (AvgIpc) is 2.28. The molecular weight excluding hydrogens is 314 g/mol. The molecule has 2 nitrogen and oxygen atoms in total. The van der Waals surface area contributed by atoms with Gasteiger partial charge in [-0.2, -0.15) is 0 Å². The molecule has 1 N–H and O–H groups in total. The summed E-state index contributed by atoms with van der Waals surface area (Å²) in [6, 6.07) is 6.15. The van der Waals surface area contributed by atoms with E-state index in [-0.39, 0.29) is 24.8 Å². The Morgan fingerprint density at radius 3 is 2.06 bits per heavy atom. The average molecular weight is 332 g/mol. The zero-order valence-electron chi connectivity index (χ0n) is 10.2. The smallest absolute Gasteiger partial charge is 0.0424 e. The van der Waals surface area contributed by atoms with Crippen LogP contribution in [0.3, 0.4) is 0 Å². The van der Waals surface area contributed by atoms with Gasteiger partial charge in [0, 0.05) is 42.3 Å². The lowest BCUT2D eigenvalue weighted by molar-refractivity contribution is 0.185. The van der Waals surface area contributed by atoms with Gasteiger partial charge in [-0.05, 0) is 30.7 Å². The Balaban J connectivity index is 0.00000144. The molecule has 0 spiro atoms. The van der Waals surface area contributed by atoms with Crippen molar-refractivity contribution in [3.8, 4) is 0 Å². The molecule has 0 bridgehead atoms. The topological polar surface area (TPSA) is 15.3 Å². The molecule has 104 valence electrons. The van der Waals surface area contributed by atoms with Crippen molar-refractivity contribution in [2.45, 2.75) is 13.0 Å². The summed E-state index contributed by atoms with van der Waals surface area (Å²) in [4.78, 5) is 2.44. The molecule has 0 saturated carbocycles. The summed E-state index contributed by atoms with van der Waals surface area (Å²) >= 11 is 12.0. The molecule has 0 radical (unpaired) electrons. The highest BCUT2D eigenvalue weighted by Crippen LogP contribution is 2.26. The van der Waals surface area contributed by atoms with E-state index in [4.69, 9.17) is 23.2 Å². The lowest BCUT2D eigenvalue weighted by Gasteiger charge is -2.33. The van der Waals surface area contributed by atoms with E-state index in [2.05, 4.69) is 17.1 Å². The minimum atomic E-state index is 0. The maximum atomic E-state index is 6.02. The van der Waals surface area contributed by atoms with Crippen LogP contribution in [0.1, 0.15) is 18.5 Å². The first-order valence-electron chi connectivity index (χ1n) is 5.57. The van der Waals surface area contributed by atoms with Crippen molar-refractivity contribution in [3.63, 3.8) is 0 Å². The Morgan fingerprint density at radius 2 is 1.56 bits per heavy atom. The van der Waals surface area contributed by atoms with Gasteiger partial charge in [0.2, 0.25) is 0 Å². The van der Waals surface area contributed by atoms with Crippen LogP contribution in [0.15, 0.2) is 18.2 Å². The van der Waals surface area contributed by atoms with E-state index in [9.17, 15) is 0 Å². The molecule has 0 aliphatic carbocycles. The lowest BCUT2D eigenvalue weighted by atomic mass is 10.1. The van der Waals surface area contributed by atoms with Crippen LogP contribution in [-0.2, 0) is 0 Å². The second kappa shape index (κ2) is 8.47. The van der Waals surface area contributed by atoms with Crippen molar-refractivity contribution in [3.05, 3.63) is 33.8 Å². The van der Waals surface area contributed by atoms with Crippen molar-refractivity contribution < 1.29 is 0 Å². The molecular formula is C12H18Cl4N2. The van der Waals surface area contributed by atoms with Gasteiger partial charge < -0.3 is 5.32 Å². The second-order valence-electron chi connectivity index (χ2n) is 4.16. The Morgan fingerprint density at radius 1 is 1.06 bits per heavy atom. The maximum Gasteiger partial charge on any atom is 0.0424 e. The van der Waals surface area contributed by atoms with E-state index in [1.165, 1.54) is 5.56 Å². The first kappa shape index (κ1) is 18.3. The molecule has 0 amide bonds. The van der Waals surface area contributed by atoms with Crippen LogP contribution in [0.25, 0.3) is 0 Å². The molecule has 1 atom stereocenters. The van der Waals surface area contributed by atoms with Crippen LogP contribution in [0.4, 0.5) is 0 Å². The van der Waals surface area contributed by atoms with E-state index >= 15 is 0 Å². The minimum absolute atomic E-state index is 0. The van der Waals surface area contributed by atoms with E-state index in [0.717, 1.165) is 26.2 Å². The molecule has 1 aliphatic heterocycles. The Labute approximate surface area is 131 Å². The number of nitrogens with zero attached hydrogens (tertiary/aromatic N) is 1. The van der Waals surface area contributed by atoms with Crippen LogP contribution < -0.4 is 5.32 Å². The Bertz CT molecular complexity index is 347. The third kappa shape index (κ3) is 4.76. The summed E-state index contributed by atoms with van der Waals surface area (Å²) in [5.74, 6) is 0. The number of halogens is 4. The molecule has 1 heterocycles. The van der Waals surface area contributed by atoms with Gasteiger partial charge in [0.1, 0.15) is 0 Å². The molecule has 1 aromatic rings. The van der Waals surface area contributed by atoms with E-state index < -0.39 is 0 Å². The summed E-state index contributed by atoms with van der Waals surface area (Å²) < 4.78 is 0. The molecule has 0 unspecified atom stereocenters. The largest absolute Gasteiger partial charge is 0.314 e. The number of nitrogens with one attached hydrogen (secondary N) is 1. The molecule has 18 heavy (non-hydrogen) atoms. The van der Waals surface area contributed by atoms with Crippen molar-refractivity contribution in [2.24, 2.45) is 0 Å². The summed E-state index contributed by atoms with van der Waals surface area (Å²) in [5, 5.41) is 4.77. The zero-order chi connectivity index (χ0) is 11.5. The first-order valence-corrected chi connectivity index (χ1v) is 6.33. The van der Waals surface area contributed by atoms with Gasteiger partial charge in [-0.3, -0.25) is 4.90 Å². The van der Waals surface area contributed by atoms with Crippen molar-refractivity contribution >= 4 is 48.0 Å². The normalized spacial score (nSPS) is 17.5. The molecule has 0 aromatic heterocycles. The minimum Gasteiger partial charge on any atom is -0.314 e. The van der Waals surface area contributed by atoms with Gasteiger partial charge in [0.05, 0.1) is 0 Å². The van der Waals surface area contributed by atoms with Gasteiger partial charge in [-0.1, -0.05) is 23.2 Å². The number of piperazine rings is 1. The zero-order valence-corrected chi connectivity index (χ0v) is 13.3. The summed E-state index contributed by atoms with van der Waals surface area (Å²) in [5.41, 5.74) is 1.19. The number of hydrogen-bond donors (Lipinski definition) is 1. The number of hydrogen-bond acceptors (Lipinski definition) is 2. The predicted octanol–water partition coefficient (Wildman–Crippen LogP) is 3.80. The van der Waals surface area contributed by atoms with E-state index in [1.807, 2.05) is 12.1 Å². The van der Waals surface area contributed by atoms with Gasteiger partial charge >= 0.3 is 0 Å². The lowest BCUT2D eigenvalue weighted by Crippen LogP contribution is -2.44. The summed E-state index contributed by atoms with van der Waals surface area (Å²) in [6.07, 6.45) is 0. The summed E-state index contributed by atoms with van der Waals surface area (Å²) in [6.45, 7) is 6.46.